The molecule has 2 aromatic heterocycles. The van der Waals surface area contributed by atoms with E-state index in [-0.39, 0.29) is 6.04 Å². The zero-order valence-electron chi connectivity index (χ0n) is 9.80. The number of aryl methyl sites for hydroxylation is 1. The van der Waals surface area contributed by atoms with Crippen LogP contribution in [0.4, 0.5) is 6.01 Å². The third-order valence-corrected chi connectivity index (χ3v) is 3.14. The normalized spacial score (nSPS) is 12.6. The third kappa shape index (κ3) is 3.24. The van der Waals surface area contributed by atoms with Crippen LogP contribution in [0.1, 0.15) is 29.6 Å². The first-order chi connectivity index (χ1) is 8.15. The molecule has 17 heavy (non-hydrogen) atoms. The van der Waals surface area contributed by atoms with Gasteiger partial charge in [-0.05, 0) is 13.8 Å². The smallest absolute Gasteiger partial charge is 0.315 e. The molecule has 1 unspecified atom stereocenters. The van der Waals surface area contributed by atoms with Gasteiger partial charge in [0.15, 0.2) is 0 Å². The molecule has 0 aliphatic rings. The first-order valence-electron chi connectivity index (χ1n) is 5.39. The largest absolute Gasteiger partial charge is 0.406 e. The van der Waals surface area contributed by atoms with Gasteiger partial charge >= 0.3 is 6.01 Å². The van der Waals surface area contributed by atoms with E-state index in [9.17, 15) is 0 Å². The summed E-state index contributed by atoms with van der Waals surface area (Å²) in [7, 11) is 0. The summed E-state index contributed by atoms with van der Waals surface area (Å²) in [5.74, 6) is 0.442. The summed E-state index contributed by atoms with van der Waals surface area (Å²) in [4.78, 5) is 4.37. The van der Waals surface area contributed by atoms with Crippen molar-refractivity contribution in [1.29, 1.82) is 0 Å². The van der Waals surface area contributed by atoms with Crippen molar-refractivity contribution < 1.29 is 4.42 Å². The summed E-state index contributed by atoms with van der Waals surface area (Å²) >= 11 is 1.66. The van der Waals surface area contributed by atoms with Crippen LogP contribution in [-0.2, 0) is 6.42 Å². The maximum atomic E-state index is 5.62. The number of nitrogens with zero attached hydrogens (tertiary/aromatic N) is 3. The van der Waals surface area contributed by atoms with Gasteiger partial charge in [0.25, 0.3) is 0 Å². The van der Waals surface area contributed by atoms with Crippen molar-refractivity contribution in [1.82, 2.24) is 15.2 Å². The number of anilines is 1. The Labute approximate surface area is 103 Å². The Morgan fingerprint density at radius 1 is 1.53 bits per heavy atom. The Morgan fingerprint density at radius 3 is 2.94 bits per heavy atom. The SMILES string of the molecule is Cc1csc(CCNc2nnc(C(C)N)o2)n1. The van der Waals surface area contributed by atoms with Crippen LogP contribution in [-0.4, -0.2) is 21.7 Å². The van der Waals surface area contributed by atoms with Crippen LogP contribution in [0.2, 0.25) is 0 Å². The molecule has 3 N–H and O–H groups in total. The van der Waals surface area contributed by atoms with Crippen molar-refractivity contribution in [3.8, 4) is 0 Å². The van der Waals surface area contributed by atoms with E-state index in [0.29, 0.717) is 18.5 Å². The minimum Gasteiger partial charge on any atom is -0.406 e. The molecule has 0 radical (unpaired) electrons. The molecule has 0 saturated heterocycles. The van der Waals surface area contributed by atoms with E-state index in [1.165, 1.54) is 0 Å². The Bertz CT molecular complexity index is 479. The predicted octanol–water partition coefficient (Wildman–Crippen LogP) is 1.51. The quantitative estimate of drug-likeness (QED) is 0.839. The van der Waals surface area contributed by atoms with Crippen LogP contribution in [0.5, 0.6) is 0 Å². The van der Waals surface area contributed by atoms with Gasteiger partial charge in [-0.3, -0.25) is 0 Å². The van der Waals surface area contributed by atoms with Gasteiger partial charge in [0.05, 0.1) is 11.0 Å². The highest BCUT2D eigenvalue weighted by molar-refractivity contribution is 7.09. The highest BCUT2D eigenvalue weighted by atomic mass is 32.1. The van der Waals surface area contributed by atoms with E-state index in [4.69, 9.17) is 10.2 Å². The van der Waals surface area contributed by atoms with E-state index in [0.717, 1.165) is 17.1 Å². The molecule has 0 aromatic carbocycles. The van der Waals surface area contributed by atoms with Gasteiger partial charge in [0.2, 0.25) is 5.89 Å². The number of thiazole rings is 1. The third-order valence-electron chi connectivity index (χ3n) is 2.11. The van der Waals surface area contributed by atoms with Crippen molar-refractivity contribution in [2.24, 2.45) is 5.73 Å². The molecule has 7 heteroatoms. The number of rotatable bonds is 5. The number of hydrogen-bond donors (Lipinski definition) is 2. The summed E-state index contributed by atoms with van der Waals surface area (Å²) in [5, 5.41) is 13.9. The summed E-state index contributed by atoms with van der Waals surface area (Å²) in [5.41, 5.74) is 6.67. The summed E-state index contributed by atoms with van der Waals surface area (Å²) in [6, 6.07) is 0.172. The first kappa shape index (κ1) is 12.0. The van der Waals surface area contributed by atoms with E-state index >= 15 is 0 Å². The average molecular weight is 253 g/mol. The van der Waals surface area contributed by atoms with Crippen LogP contribution in [0.15, 0.2) is 9.80 Å². The topological polar surface area (TPSA) is 89.9 Å². The van der Waals surface area contributed by atoms with Crippen LogP contribution in [0.25, 0.3) is 0 Å². The molecule has 0 saturated carbocycles. The van der Waals surface area contributed by atoms with Crippen molar-refractivity contribution >= 4 is 17.4 Å². The van der Waals surface area contributed by atoms with Crippen LogP contribution >= 0.6 is 11.3 Å². The number of nitrogens with two attached hydrogens (primary N) is 1. The second-order valence-corrected chi connectivity index (χ2v) is 4.74. The molecule has 0 bridgehead atoms. The first-order valence-corrected chi connectivity index (χ1v) is 6.27. The minimum absolute atomic E-state index is 0.236. The average Bonchev–Trinajstić information content (AvgIpc) is 2.88. The fourth-order valence-corrected chi connectivity index (χ4v) is 2.06. The molecule has 2 heterocycles. The summed E-state index contributed by atoms with van der Waals surface area (Å²) in [6.45, 7) is 4.50. The van der Waals surface area contributed by atoms with Gasteiger partial charge in [-0.1, -0.05) is 5.10 Å². The van der Waals surface area contributed by atoms with E-state index in [1.807, 2.05) is 12.3 Å². The van der Waals surface area contributed by atoms with Crippen LogP contribution < -0.4 is 11.1 Å². The standard InChI is InChI=1S/C10H15N5OS/c1-6-5-17-8(13-6)3-4-12-10-15-14-9(16-10)7(2)11/h5,7H,3-4,11H2,1-2H3,(H,12,15). The molecule has 2 rings (SSSR count). The Morgan fingerprint density at radius 2 is 2.35 bits per heavy atom. The molecule has 0 aliphatic carbocycles. The van der Waals surface area contributed by atoms with Crippen molar-refractivity contribution in [3.63, 3.8) is 0 Å². The van der Waals surface area contributed by atoms with E-state index in [2.05, 4.69) is 20.5 Å². The van der Waals surface area contributed by atoms with Crippen molar-refractivity contribution in [2.45, 2.75) is 26.3 Å². The molecule has 0 aliphatic heterocycles. The number of aromatic nitrogens is 3. The lowest BCUT2D eigenvalue weighted by Crippen LogP contribution is -2.05. The molecule has 0 amide bonds. The van der Waals surface area contributed by atoms with Gasteiger partial charge in [-0.15, -0.1) is 16.4 Å². The van der Waals surface area contributed by atoms with Crippen LogP contribution in [0, 0.1) is 6.92 Å². The van der Waals surface area contributed by atoms with Crippen molar-refractivity contribution in [3.05, 3.63) is 22.0 Å². The number of nitrogens with one attached hydrogen (secondary N) is 1. The monoisotopic (exact) mass is 253 g/mol. The minimum atomic E-state index is -0.236. The van der Waals surface area contributed by atoms with Gasteiger partial charge in [-0.2, -0.15) is 0 Å². The van der Waals surface area contributed by atoms with Gasteiger partial charge < -0.3 is 15.5 Å². The maximum Gasteiger partial charge on any atom is 0.315 e. The molecule has 0 spiro atoms. The molecule has 6 nitrogen and oxygen atoms in total. The molecular formula is C10H15N5OS. The molecule has 2 aromatic rings. The highest BCUT2D eigenvalue weighted by Crippen LogP contribution is 2.12. The lowest BCUT2D eigenvalue weighted by molar-refractivity contribution is 0.473. The second-order valence-electron chi connectivity index (χ2n) is 3.79. The summed E-state index contributed by atoms with van der Waals surface area (Å²) < 4.78 is 5.31. The van der Waals surface area contributed by atoms with Crippen LogP contribution in [0.3, 0.4) is 0 Å². The van der Waals surface area contributed by atoms with Gasteiger partial charge in [0.1, 0.15) is 0 Å². The zero-order chi connectivity index (χ0) is 12.3. The fourth-order valence-electron chi connectivity index (χ4n) is 1.28. The summed E-state index contributed by atoms with van der Waals surface area (Å²) in [6.07, 6.45) is 0.842. The fraction of sp³-hybridized carbons (Fsp3) is 0.500. The van der Waals surface area contributed by atoms with Gasteiger partial charge in [-0.25, -0.2) is 4.98 Å². The Kier molecular flexibility index (Phi) is 3.70. The van der Waals surface area contributed by atoms with Crippen molar-refractivity contribution in [2.75, 3.05) is 11.9 Å². The predicted molar refractivity (Wildman–Crippen MR) is 65.9 cm³/mol. The molecule has 0 fully saturated rings. The maximum absolute atomic E-state index is 5.62. The lowest BCUT2D eigenvalue weighted by atomic mass is 10.4. The molecule has 1 atom stereocenters. The number of hydrogen-bond acceptors (Lipinski definition) is 7. The zero-order valence-corrected chi connectivity index (χ0v) is 10.6. The van der Waals surface area contributed by atoms with E-state index < -0.39 is 0 Å². The second kappa shape index (κ2) is 5.24. The van der Waals surface area contributed by atoms with Gasteiger partial charge in [0, 0.05) is 24.0 Å². The lowest BCUT2D eigenvalue weighted by Gasteiger charge is -1.99. The Balaban J connectivity index is 1.81. The molecule has 92 valence electrons. The Hall–Kier alpha value is -1.47. The highest BCUT2D eigenvalue weighted by Gasteiger charge is 2.09. The van der Waals surface area contributed by atoms with E-state index in [1.54, 1.807) is 18.3 Å². The molecular weight excluding hydrogens is 238 g/mol.